The van der Waals surface area contributed by atoms with Crippen LogP contribution in [0.3, 0.4) is 0 Å². The molecule has 0 bridgehead atoms. The fraction of sp³-hybridized carbons (Fsp3) is 0.562. The fourth-order valence-electron chi connectivity index (χ4n) is 2.59. The minimum absolute atomic E-state index is 0.0166. The smallest absolute Gasteiger partial charge is 0.225 e. The van der Waals surface area contributed by atoms with Crippen molar-refractivity contribution in [1.82, 2.24) is 0 Å². The minimum atomic E-state index is -3.97. The van der Waals surface area contributed by atoms with Gasteiger partial charge in [-0.2, -0.15) is 5.26 Å². The molecule has 2 N–H and O–H groups in total. The van der Waals surface area contributed by atoms with E-state index in [9.17, 15) is 8.42 Å². The van der Waals surface area contributed by atoms with Gasteiger partial charge in [0.1, 0.15) is 4.90 Å². The van der Waals surface area contributed by atoms with Crippen LogP contribution in [0.15, 0.2) is 9.37 Å². The van der Waals surface area contributed by atoms with Gasteiger partial charge in [0.2, 0.25) is 10.0 Å². The molecule has 23 heavy (non-hydrogen) atoms. The summed E-state index contributed by atoms with van der Waals surface area (Å²) >= 11 is 9.95. The first-order valence-corrected chi connectivity index (χ1v) is 10.1. The van der Waals surface area contributed by atoms with Crippen molar-refractivity contribution in [3.8, 4) is 6.07 Å². The molecule has 0 unspecified atom stereocenters. The van der Waals surface area contributed by atoms with Gasteiger partial charge in [0.05, 0.1) is 17.5 Å². The van der Waals surface area contributed by atoms with Crippen molar-refractivity contribution in [2.75, 3.05) is 0 Å². The summed E-state index contributed by atoms with van der Waals surface area (Å²) in [7, 11) is -3.97. The van der Waals surface area contributed by atoms with E-state index in [1.807, 2.05) is 27.7 Å². The topological polar surface area (TPSA) is 84.0 Å². The van der Waals surface area contributed by atoms with Gasteiger partial charge in [-0.15, -0.1) is 0 Å². The molecular weight excluding hydrogens is 400 g/mol. The molecule has 0 radical (unpaired) electrons. The average molecular weight is 422 g/mol. The van der Waals surface area contributed by atoms with Crippen molar-refractivity contribution >= 4 is 37.6 Å². The van der Waals surface area contributed by atoms with E-state index in [0.29, 0.717) is 28.4 Å². The Morgan fingerprint density at radius 2 is 1.61 bits per heavy atom. The molecular formula is C16H22BrClN2O2S. The Morgan fingerprint density at radius 1 is 1.13 bits per heavy atom. The van der Waals surface area contributed by atoms with E-state index in [1.54, 1.807) is 0 Å². The number of sulfonamides is 1. The van der Waals surface area contributed by atoms with Crippen molar-refractivity contribution in [3.63, 3.8) is 0 Å². The van der Waals surface area contributed by atoms with E-state index in [0.717, 1.165) is 5.56 Å². The summed E-state index contributed by atoms with van der Waals surface area (Å²) in [5.74, 6) is 0.481. The summed E-state index contributed by atoms with van der Waals surface area (Å²) < 4.78 is 24.9. The third kappa shape index (κ3) is 4.93. The quantitative estimate of drug-likeness (QED) is 0.746. The zero-order valence-electron chi connectivity index (χ0n) is 13.8. The van der Waals surface area contributed by atoms with E-state index in [1.165, 1.54) is 0 Å². The molecule has 4 nitrogen and oxygen atoms in total. The Kier molecular flexibility index (Phi) is 7.09. The Bertz CT molecular complexity index is 738. The molecule has 0 aromatic heterocycles. The van der Waals surface area contributed by atoms with Crippen LogP contribution in [0.1, 0.15) is 44.4 Å². The third-order valence-corrected chi connectivity index (χ3v) is 5.90. The van der Waals surface area contributed by atoms with Crippen molar-refractivity contribution in [2.24, 2.45) is 17.0 Å². The van der Waals surface area contributed by atoms with Crippen LogP contribution in [0.25, 0.3) is 0 Å². The summed E-state index contributed by atoms with van der Waals surface area (Å²) in [6, 6.07) is 2.14. The number of nitriles is 1. The molecule has 7 heteroatoms. The standard InChI is InChI=1S/C16H22BrClN2O2S/c1-9(2)7-12-11(5-6-19)14(17)13(8-10(3)4)16(15(12)18)23(20,21)22/h9-10H,5,7-8H2,1-4H3,(H2,20,21,22). The highest BCUT2D eigenvalue weighted by molar-refractivity contribution is 9.10. The predicted octanol–water partition coefficient (Wildman–Crippen LogP) is 4.21. The molecule has 1 aromatic carbocycles. The van der Waals surface area contributed by atoms with Crippen LogP contribution < -0.4 is 5.14 Å². The van der Waals surface area contributed by atoms with E-state index in [2.05, 4.69) is 22.0 Å². The summed E-state index contributed by atoms with van der Waals surface area (Å²) in [5, 5.41) is 14.7. The number of benzene rings is 1. The van der Waals surface area contributed by atoms with Crippen LogP contribution in [0, 0.1) is 23.2 Å². The molecule has 0 amide bonds. The first-order chi connectivity index (χ1) is 10.5. The van der Waals surface area contributed by atoms with Crippen molar-refractivity contribution in [3.05, 3.63) is 26.2 Å². The second-order valence-corrected chi connectivity index (χ2v) is 9.14. The number of nitrogens with two attached hydrogens (primary N) is 1. The molecule has 0 aliphatic heterocycles. The van der Waals surface area contributed by atoms with Gasteiger partial charge < -0.3 is 0 Å². The number of hydrogen-bond donors (Lipinski definition) is 1. The van der Waals surface area contributed by atoms with Crippen LogP contribution in [-0.4, -0.2) is 8.42 Å². The largest absolute Gasteiger partial charge is 0.239 e. The van der Waals surface area contributed by atoms with Crippen LogP contribution in [0.5, 0.6) is 0 Å². The number of rotatable bonds is 6. The van der Waals surface area contributed by atoms with E-state index in [-0.39, 0.29) is 28.2 Å². The monoisotopic (exact) mass is 420 g/mol. The lowest BCUT2D eigenvalue weighted by molar-refractivity contribution is 0.589. The molecule has 1 rings (SSSR count). The number of nitrogens with zero attached hydrogens (tertiary/aromatic N) is 1. The van der Waals surface area contributed by atoms with Gasteiger partial charge in [0.15, 0.2) is 0 Å². The molecule has 0 spiro atoms. The highest BCUT2D eigenvalue weighted by Crippen LogP contribution is 2.40. The van der Waals surface area contributed by atoms with E-state index >= 15 is 0 Å². The SMILES string of the molecule is CC(C)Cc1c(Cl)c(S(N)(=O)=O)c(CC(C)C)c(Br)c1CC#N. The molecule has 0 saturated heterocycles. The van der Waals surface area contributed by atoms with Crippen LogP contribution >= 0.6 is 27.5 Å². The maximum atomic E-state index is 12.1. The van der Waals surface area contributed by atoms with Gasteiger partial charge in [-0.3, -0.25) is 0 Å². The highest BCUT2D eigenvalue weighted by Gasteiger charge is 2.28. The lowest BCUT2D eigenvalue weighted by atomic mass is 9.92. The normalized spacial score (nSPS) is 12.0. The van der Waals surface area contributed by atoms with Crippen LogP contribution in [0.4, 0.5) is 0 Å². The zero-order valence-corrected chi connectivity index (χ0v) is 16.9. The van der Waals surface area contributed by atoms with Crippen molar-refractivity contribution in [2.45, 2.75) is 51.9 Å². The van der Waals surface area contributed by atoms with E-state index in [4.69, 9.17) is 22.0 Å². The van der Waals surface area contributed by atoms with Crippen LogP contribution in [0.2, 0.25) is 5.02 Å². The Balaban J connectivity index is 3.88. The van der Waals surface area contributed by atoms with Gasteiger partial charge >= 0.3 is 0 Å². The molecule has 1 aromatic rings. The van der Waals surface area contributed by atoms with Gasteiger partial charge in [0.25, 0.3) is 0 Å². The summed E-state index contributed by atoms with van der Waals surface area (Å²) in [6.45, 7) is 8.00. The van der Waals surface area contributed by atoms with Gasteiger partial charge in [-0.05, 0) is 41.4 Å². The van der Waals surface area contributed by atoms with Crippen molar-refractivity contribution in [1.29, 1.82) is 5.26 Å². The molecule has 0 aliphatic rings. The Hall–Kier alpha value is -0.610. The maximum absolute atomic E-state index is 12.1. The minimum Gasteiger partial charge on any atom is -0.225 e. The summed E-state index contributed by atoms with van der Waals surface area (Å²) in [4.78, 5) is -0.0166. The van der Waals surface area contributed by atoms with E-state index < -0.39 is 10.0 Å². The Morgan fingerprint density at radius 3 is 2.00 bits per heavy atom. The summed E-state index contributed by atoms with van der Waals surface area (Å²) in [5.41, 5.74) is 2.01. The van der Waals surface area contributed by atoms with Crippen LogP contribution in [-0.2, 0) is 29.3 Å². The lowest BCUT2D eigenvalue weighted by Gasteiger charge is -2.22. The Labute approximate surface area is 152 Å². The van der Waals surface area contributed by atoms with Gasteiger partial charge in [-0.25, -0.2) is 13.6 Å². The second-order valence-electron chi connectivity index (χ2n) is 6.47. The lowest BCUT2D eigenvalue weighted by Crippen LogP contribution is -2.19. The fourth-order valence-corrected chi connectivity index (χ4v) is 4.99. The molecule has 0 saturated carbocycles. The number of hydrogen-bond acceptors (Lipinski definition) is 3. The predicted molar refractivity (Wildman–Crippen MR) is 96.9 cm³/mol. The zero-order chi connectivity index (χ0) is 17.9. The first kappa shape index (κ1) is 20.4. The summed E-state index contributed by atoms with van der Waals surface area (Å²) in [6.07, 6.45) is 1.25. The first-order valence-electron chi connectivity index (χ1n) is 7.41. The van der Waals surface area contributed by atoms with Crippen molar-refractivity contribution < 1.29 is 8.42 Å². The number of halogens is 2. The molecule has 0 aliphatic carbocycles. The van der Waals surface area contributed by atoms with Gasteiger partial charge in [-0.1, -0.05) is 55.2 Å². The van der Waals surface area contributed by atoms with Gasteiger partial charge in [0, 0.05) is 4.47 Å². The molecule has 128 valence electrons. The molecule has 0 fully saturated rings. The average Bonchev–Trinajstić information content (AvgIpc) is 2.37. The second kappa shape index (κ2) is 7.98. The maximum Gasteiger partial charge on any atom is 0.239 e. The third-order valence-electron chi connectivity index (χ3n) is 3.40. The number of primary sulfonamides is 1. The highest BCUT2D eigenvalue weighted by atomic mass is 79.9. The molecule has 0 atom stereocenters. The molecule has 0 heterocycles.